The van der Waals surface area contributed by atoms with E-state index in [1.165, 1.54) is 7.11 Å². The van der Waals surface area contributed by atoms with Crippen LogP contribution in [0, 0.1) is 12.8 Å². The number of hydrogen-bond acceptors (Lipinski definition) is 7. The highest BCUT2D eigenvalue weighted by Crippen LogP contribution is 2.17. The maximum atomic E-state index is 12.6. The Morgan fingerprint density at radius 3 is 2.47 bits per heavy atom. The minimum atomic E-state index is -3.75. The number of esters is 1. The number of methoxy groups -OCH3 is 1. The van der Waals surface area contributed by atoms with Crippen LogP contribution in [0.4, 0.5) is 0 Å². The summed E-state index contributed by atoms with van der Waals surface area (Å²) in [4.78, 5) is 24.8. The van der Waals surface area contributed by atoms with Crippen LogP contribution in [0.25, 0.3) is 0 Å². The van der Waals surface area contributed by atoms with Gasteiger partial charge in [0, 0.05) is 12.0 Å². The molecule has 0 aliphatic carbocycles. The van der Waals surface area contributed by atoms with Crippen LogP contribution in [0.1, 0.15) is 43.1 Å². The van der Waals surface area contributed by atoms with Crippen molar-refractivity contribution in [1.82, 2.24) is 9.78 Å². The first-order valence-electron chi connectivity index (χ1n) is 9.71. The van der Waals surface area contributed by atoms with Gasteiger partial charge in [-0.2, -0.15) is 13.5 Å². The van der Waals surface area contributed by atoms with E-state index in [-0.39, 0.29) is 30.3 Å². The first kappa shape index (κ1) is 23.8. The molecule has 8 nitrogen and oxygen atoms in total. The second-order valence-corrected chi connectivity index (χ2v) is 9.14. The largest absolute Gasteiger partial charge is 0.467 e. The van der Waals surface area contributed by atoms with Crippen LogP contribution in [-0.2, 0) is 36.0 Å². The second kappa shape index (κ2) is 10.5. The van der Waals surface area contributed by atoms with Gasteiger partial charge in [0.1, 0.15) is 5.75 Å². The summed E-state index contributed by atoms with van der Waals surface area (Å²) in [5, 5.41) is 4.29. The average molecular weight is 437 g/mol. The van der Waals surface area contributed by atoms with Crippen molar-refractivity contribution in [1.29, 1.82) is 0 Å². The summed E-state index contributed by atoms with van der Waals surface area (Å²) < 4.78 is 35.4. The van der Waals surface area contributed by atoms with Crippen molar-refractivity contribution in [3.8, 4) is 0 Å². The van der Waals surface area contributed by atoms with Crippen molar-refractivity contribution in [2.45, 2.75) is 45.4 Å². The SMILES string of the molecule is COC(=O)[C@H](CC(C)C)n1nc(CCOS(=O)(=O)Cc2ccccc2)cc(C)c1=O. The maximum absolute atomic E-state index is 12.6. The molecular weight excluding hydrogens is 408 g/mol. The summed E-state index contributed by atoms with van der Waals surface area (Å²) in [6.07, 6.45) is 0.565. The predicted octanol–water partition coefficient (Wildman–Crippen LogP) is 2.40. The van der Waals surface area contributed by atoms with Gasteiger partial charge in [0.05, 0.1) is 19.4 Å². The van der Waals surface area contributed by atoms with Crippen LogP contribution in [0.15, 0.2) is 41.2 Å². The van der Waals surface area contributed by atoms with E-state index in [4.69, 9.17) is 8.92 Å². The van der Waals surface area contributed by atoms with Crippen LogP contribution in [0.5, 0.6) is 0 Å². The fraction of sp³-hybridized carbons (Fsp3) is 0.476. The van der Waals surface area contributed by atoms with Crippen LogP contribution < -0.4 is 5.56 Å². The van der Waals surface area contributed by atoms with Crippen LogP contribution in [0.3, 0.4) is 0 Å². The molecule has 0 saturated carbocycles. The van der Waals surface area contributed by atoms with E-state index >= 15 is 0 Å². The Morgan fingerprint density at radius 1 is 1.20 bits per heavy atom. The van der Waals surface area contributed by atoms with Gasteiger partial charge in [0.2, 0.25) is 0 Å². The van der Waals surface area contributed by atoms with E-state index in [1.54, 1.807) is 43.3 Å². The third-order valence-corrected chi connectivity index (χ3v) is 5.65. The van der Waals surface area contributed by atoms with E-state index in [0.29, 0.717) is 23.2 Å². The van der Waals surface area contributed by atoms with Gasteiger partial charge in [-0.15, -0.1) is 0 Å². The highest BCUT2D eigenvalue weighted by molar-refractivity contribution is 7.85. The van der Waals surface area contributed by atoms with Crippen LogP contribution in [0.2, 0.25) is 0 Å². The molecule has 0 spiro atoms. The molecule has 164 valence electrons. The maximum Gasteiger partial charge on any atom is 0.330 e. The van der Waals surface area contributed by atoms with E-state index in [9.17, 15) is 18.0 Å². The number of benzene rings is 1. The highest BCUT2D eigenvalue weighted by atomic mass is 32.2. The van der Waals surface area contributed by atoms with Gasteiger partial charge in [0.25, 0.3) is 15.7 Å². The molecule has 2 rings (SSSR count). The number of nitrogens with zero attached hydrogens (tertiary/aromatic N) is 2. The number of carbonyl (C=O) groups is 1. The topological polar surface area (TPSA) is 105 Å². The van der Waals surface area contributed by atoms with Crippen LogP contribution >= 0.6 is 0 Å². The molecule has 0 unspecified atom stereocenters. The Hall–Kier alpha value is -2.52. The van der Waals surface area contributed by atoms with Crippen molar-refractivity contribution in [3.05, 3.63) is 63.6 Å². The van der Waals surface area contributed by atoms with Crippen molar-refractivity contribution in [2.24, 2.45) is 5.92 Å². The molecule has 0 bridgehead atoms. The third kappa shape index (κ3) is 6.77. The Kier molecular flexibility index (Phi) is 8.31. The molecule has 0 radical (unpaired) electrons. The summed E-state index contributed by atoms with van der Waals surface area (Å²) in [7, 11) is -2.49. The Balaban J connectivity index is 2.15. The predicted molar refractivity (Wildman–Crippen MR) is 112 cm³/mol. The van der Waals surface area contributed by atoms with Crippen molar-refractivity contribution < 1.29 is 22.1 Å². The lowest BCUT2D eigenvalue weighted by atomic mass is 10.0. The Morgan fingerprint density at radius 2 is 1.87 bits per heavy atom. The smallest absolute Gasteiger partial charge is 0.330 e. The number of aryl methyl sites for hydroxylation is 1. The molecule has 9 heteroatoms. The molecular formula is C21H28N2O6S. The lowest BCUT2D eigenvalue weighted by Crippen LogP contribution is -2.35. The summed E-state index contributed by atoms with van der Waals surface area (Å²) >= 11 is 0. The summed E-state index contributed by atoms with van der Waals surface area (Å²) in [6, 6.07) is 9.48. The minimum Gasteiger partial charge on any atom is -0.467 e. The van der Waals surface area contributed by atoms with Gasteiger partial charge in [-0.25, -0.2) is 9.48 Å². The number of hydrogen-bond donors (Lipinski definition) is 0. The van der Waals surface area contributed by atoms with Crippen molar-refractivity contribution in [2.75, 3.05) is 13.7 Å². The van der Waals surface area contributed by atoms with Gasteiger partial charge in [-0.3, -0.25) is 8.98 Å². The first-order valence-corrected chi connectivity index (χ1v) is 11.3. The summed E-state index contributed by atoms with van der Waals surface area (Å²) in [5.41, 5.74) is 1.12. The molecule has 0 amide bonds. The molecule has 1 aromatic carbocycles. The number of aromatic nitrogens is 2. The molecule has 1 aromatic heterocycles. The Bertz CT molecular complexity index is 1020. The molecule has 2 aromatic rings. The van der Waals surface area contributed by atoms with Gasteiger partial charge >= 0.3 is 5.97 Å². The highest BCUT2D eigenvalue weighted by Gasteiger charge is 2.25. The summed E-state index contributed by atoms with van der Waals surface area (Å²) in [6.45, 7) is 5.37. The molecule has 0 aliphatic rings. The molecule has 1 heterocycles. The molecule has 0 fully saturated rings. The van der Waals surface area contributed by atoms with E-state index in [2.05, 4.69) is 5.10 Å². The zero-order valence-corrected chi connectivity index (χ0v) is 18.5. The lowest BCUT2D eigenvalue weighted by Gasteiger charge is -2.19. The van der Waals surface area contributed by atoms with E-state index in [0.717, 1.165) is 4.68 Å². The Labute approximate surface area is 177 Å². The normalized spacial score (nSPS) is 12.7. The van der Waals surface area contributed by atoms with E-state index in [1.807, 2.05) is 13.8 Å². The van der Waals surface area contributed by atoms with Crippen molar-refractivity contribution in [3.63, 3.8) is 0 Å². The molecule has 1 atom stereocenters. The fourth-order valence-electron chi connectivity index (χ4n) is 3.01. The second-order valence-electron chi connectivity index (χ2n) is 7.50. The fourth-order valence-corrected chi connectivity index (χ4v) is 4.03. The zero-order chi connectivity index (χ0) is 22.3. The van der Waals surface area contributed by atoms with Gasteiger partial charge in [0.15, 0.2) is 6.04 Å². The first-order chi connectivity index (χ1) is 14.1. The van der Waals surface area contributed by atoms with Gasteiger partial charge < -0.3 is 4.74 Å². The van der Waals surface area contributed by atoms with E-state index < -0.39 is 22.1 Å². The van der Waals surface area contributed by atoms with Gasteiger partial charge in [-0.05, 0) is 30.9 Å². The van der Waals surface area contributed by atoms with Gasteiger partial charge in [-0.1, -0.05) is 44.2 Å². The van der Waals surface area contributed by atoms with Crippen molar-refractivity contribution >= 4 is 16.1 Å². The molecule has 0 aliphatic heterocycles. The molecule has 30 heavy (non-hydrogen) atoms. The zero-order valence-electron chi connectivity index (χ0n) is 17.7. The number of ether oxygens (including phenoxy) is 1. The monoisotopic (exact) mass is 436 g/mol. The minimum absolute atomic E-state index is 0.118. The molecule has 0 N–H and O–H groups in total. The van der Waals surface area contributed by atoms with Crippen LogP contribution in [-0.4, -0.2) is 37.9 Å². The third-order valence-electron chi connectivity index (χ3n) is 4.44. The quantitative estimate of drug-likeness (QED) is 0.416. The standard InChI is InChI=1S/C21H28N2O6S/c1-15(2)12-19(21(25)28-4)23-20(24)16(3)13-18(22-23)10-11-29-30(26,27)14-17-8-6-5-7-9-17/h5-9,13,15,19H,10-12,14H2,1-4H3/t19-/m0/s1. The summed E-state index contributed by atoms with van der Waals surface area (Å²) in [5.74, 6) is -0.631. The molecule has 0 saturated heterocycles. The number of rotatable bonds is 10. The number of carbonyl (C=O) groups excluding carboxylic acids is 1. The average Bonchev–Trinajstić information content (AvgIpc) is 2.68. The lowest BCUT2D eigenvalue weighted by molar-refractivity contribution is -0.145.